The molecule has 0 spiro atoms. The number of hydrazine groups is 1. The standard InChI is InChI=1S/C15H16F2N2/c16-12-6-7-13(17)15(10-12)19-9-8-11-4-2-1-3-5-14(11)18-19/h6-10,18H,1-5H2. The molecule has 1 N–H and O–H groups in total. The molecule has 4 heteroatoms. The quantitative estimate of drug-likeness (QED) is 0.822. The largest absolute Gasteiger partial charge is 0.298 e. The molecule has 2 nitrogen and oxygen atoms in total. The van der Waals surface area contributed by atoms with Crippen LogP contribution in [0.5, 0.6) is 0 Å². The second-order valence-corrected chi connectivity index (χ2v) is 4.96. The van der Waals surface area contributed by atoms with E-state index >= 15 is 0 Å². The van der Waals surface area contributed by atoms with Gasteiger partial charge in [-0.2, -0.15) is 0 Å². The summed E-state index contributed by atoms with van der Waals surface area (Å²) in [5, 5.41) is 1.56. The fraction of sp³-hybridized carbons (Fsp3) is 0.333. The van der Waals surface area contributed by atoms with Crippen LogP contribution in [0.1, 0.15) is 32.1 Å². The number of rotatable bonds is 1. The lowest BCUT2D eigenvalue weighted by atomic mass is 10.1. The Hall–Kier alpha value is -1.84. The van der Waals surface area contributed by atoms with Gasteiger partial charge in [-0.15, -0.1) is 0 Å². The number of hydrogen-bond donors (Lipinski definition) is 1. The zero-order valence-corrected chi connectivity index (χ0v) is 10.6. The summed E-state index contributed by atoms with van der Waals surface area (Å²) in [4.78, 5) is 0. The Bertz CT molecular complexity index is 549. The average Bonchev–Trinajstić information content (AvgIpc) is 2.66. The van der Waals surface area contributed by atoms with Gasteiger partial charge in [0, 0.05) is 18.0 Å². The minimum Gasteiger partial charge on any atom is -0.298 e. The molecule has 0 fully saturated rings. The van der Waals surface area contributed by atoms with Crippen molar-refractivity contribution in [2.24, 2.45) is 0 Å². The number of allylic oxidation sites excluding steroid dienone is 3. The predicted octanol–water partition coefficient (Wildman–Crippen LogP) is 4.02. The summed E-state index contributed by atoms with van der Waals surface area (Å²) in [5.41, 5.74) is 5.83. The molecule has 19 heavy (non-hydrogen) atoms. The van der Waals surface area contributed by atoms with E-state index in [2.05, 4.69) is 5.43 Å². The molecule has 1 heterocycles. The second-order valence-electron chi connectivity index (χ2n) is 4.96. The van der Waals surface area contributed by atoms with Gasteiger partial charge < -0.3 is 0 Å². The fourth-order valence-corrected chi connectivity index (χ4v) is 2.58. The first-order chi connectivity index (χ1) is 9.24. The van der Waals surface area contributed by atoms with Crippen molar-refractivity contribution in [2.75, 3.05) is 5.01 Å². The van der Waals surface area contributed by atoms with Crippen LogP contribution in [0.25, 0.3) is 0 Å². The van der Waals surface area contributed by atoms with Crippen LogP contribution in [-0.4, -0.2) is 0 Å². The van der Waals surface area contributed by atoms with Gasteiger partial charge in [-0.25, -0.2) is 8.78 Å². The Kier molecular flexibility index (Phi) is 3.23. The smallest absolute Gasteiger partial charge is 0.148 e. The summed E-state index contributed by atoms with van der Waals surface area (Å²) in [5.74, 6) is -0.872. The maximum atomic E-state index is 13.8. The maximum absolute atomic E-state index is 13.8. The minimum atomic E-state index is -0.438. The molecule has 0 saturated heterocycles. The summed E-state index contributed by atoms with van der Waals surface area (Å²) in [6, 6.07) is 3.48. The van der Waals surface area contributed by atoms with E-state index in [1.165, 1.54) is 24.5 Å². The highest BCUT2D eigenvalue weighted by Crippen LogP contribution is 2.28. The molecule has 1 aromatic rings. The first-order valence-corrected chi connectivity index (χ1v) is 6.65. The lowest BCUT2D eigenvalue weighted by molar-refractivity contribution is 0.590. The zero-order valence-electron chi connectivity index (χ0n) is 10.6. The minimum absolute atomic E-state index is 0.215. The summed E-state index contributed by atoms with van der Waals surface area (Å²) < 4.78 is 27.0. The molecule has 1 aliphatic heterocycles. The fourth-order valence-electron chi connectivity index (χ4n) is 2.58. The van der Waals surface area contributed by atoms with E-state index in [-0.39, 0.29) is 5.69 Å². The molecule has 0 radical (unpaired) electrons. The third-order valence-corrected chi connectivity index (χ3v) is 3.61. The Balaban J connectivity index is 1.87. The van der Waals surface area contributed by atoms with Crippen molar-refractivity contribution in [3.05, 3.63) is 53.4 Å². The monoisotopic (exact) mass is 262 g/mol. The number of nitrogens with one attached hydrogen (secondary N) is 1. The Morgan fingerprint density at radius 3 is 2.79 bits per heavy atom. The van der Waals surface area contributed by atoms with Crippen LogP contribution in [0.15, 0.2) is 41.7 Å². The Morgan fingerprint density at radius 2 is 1.89 bits per heavy atom. The molecule has 0 bridgehead atoms. The molecular formula is C15H16F2N2. The van der Waals surface area contributed by atoms with Crippen molar-refractivity contribution >= 4 is 5.69 Å². The second kappa shape index (κ2) is 5.03. The zero-order chi connectivity index (χ0) is 13.2. The first kappa shape index (κ1) is 12.2. The topological polar surface area (TPSA) is 15.3 Å². The van der Waals surface area contributed by atoms with Crippen LogP contribution in [0.4, 0.5) is 14.5 Å². The lowest BCUT2D eigenvalue weighted by Crippen LogP contribution is -2.36. The van der Waals surface area contributed by atoms with Gasteiger partial charge in [-0.1, -0.05) is 6.42 Å². The molecule has 3 rings (SSSR count). The number of halogens is 2. The molecule has 0 unspecified atom stereocenters. The molecule has 2 aliphatic rings. The van der Waals surface area contributed by atoms with E-state index < -0.39 is 11.6 Å². The van der Waals surface area contributed by atoms with Crippen LogP contribution < -0.4 is 10.4 Å². The van der Waals surface area contributed by atoms with Crippen LogP contribution in [0.3, 0.4) is 0 Å². The van der Waals surface area contributed by atoms with Crippen molar-refractivity contribution in [3.63, 3.8) is 0 Å². The first-order valence-electron chi connectivity index (χ1n) is 6.65. The highest BCUT2D eigenvalue weighted by Gasteiger charge is 2.18. The van der Waals surface area contributed by atoms with Gasteiger partial charge in [0.25, 0.3) is 0 Å². The molecule has 0 aromatic heterocycles. The van der Waals surface area contributed by atoms with E-state index in [0.29, 0.717) is 0 Å². The third-order valence-electron chi connectivity index (χ3n) is 3.61. The summed E-state index contributed by atoms with van der Waals surface area (Å²) >= 11 is 0. The number of nitrogens with zero attached hydrogens (tertiary/aromatic N) is 1. The van der Waals surface area contributed by atoms with Crippen LogP contribution >= 0.6 is 0 Å². The highest BCUT2D eigenvalue weighted by molar-refractivity contribution is 5.52. The van der Waals surface area contributed by atoms with Crippen molar-refractivity contribution in [2.45, 2.75) is 32.1 Å². The lowest BCUT2D eigenvalue weighted by Gasteiger charge is -2.29. The van der Waals surface area contributed by atoms with Crippen LogP contribution in [-0.2, 0) is 0 Å². The van der Waals surface area contributed by atoms with Crippen molar-refractivity contribution in [1.82, 2.24) is 5.43 Å². The Labute approximate surface area is 111 Å². The number of anilines is 1. The molecule has 0 saturated carbocycles. The van der Waals surface area contributed by atoms with Crippen molar-refractivity contribution < 1.29 is 8.78 Å². The summed E-state index contributed by atoms with van der Waals surface area (Å²) in [7, 11) is 0. The van der Waals surface area contributed by atoms with Gasteiger partial charge in [-0.05, 0) is 49.5 Å². The SMILES string of the molecule is Fc1ccc(F)c(N2C=CC3=C(CCCCC3)N2)c1. The summed E-state index contributed by atoms with van der Waals surface area (Å²) in [6.45, 7) is 0. The number of hydrogen-bond acceptors (Lipinski definition) is 2. The highest BCUT2D eigenvalue weighted by atomic mass is 19.1. The van der Waals surface area contributed by atoms with E-state index in [0.717, 1.165) is 37.1 Å². The van der Waals surface area contributed by atoms with Crippen LogP contribution in [0.2, 0.25) is 0 Å². The molecule has 0 atom stereocenters. The predicted molar refractivity (Wildman–Crippen MR) is 71.2 cm³/mol. The average molecular weight is 262 g/mol. The van der Waals surface area contributed by atoms with Gasteiger partial charge in [0.2, 0.25) is 0 Å². The number of benzene rings is 1. The van der Waals surface area contributed by atoms with Gasteiger partial charge in [0.15, 0.2) is 0 Å². The van der Waals surface area contributed by atoms with E-state index in [1.807, 2.05) is 6.08 Å². The molecule has 1 aromatic carbocycles. The third kappa shape index (κ3) is 2.48. The molecule has 1 aliphatic carbocycles. The molecular weight excluding hydrogens is 246 g/mol. The van der Waals surface area contributed by atoms with Gasteiger partial charge in [0.05, 0.1) is 0 Å². The maximum Gasteiger partial charge on any atom is 0.148 e. The molecule has 100 valence electrons. The van der Waals surface area contributed by atoms with E-state index in [4.69, 9.17) is 0 Å². The van der Waals surface area contributed by atoms with E-state index in [1.54, 1.807) is 11.2 Å². The normalized spacial score (nSPS) is 18.9. The van der Waals surface area contributed by atoms with Gasteiger partial charge >= 0.3 is 0 Å². The van der Waals surface area contributed by atoms with Gasteiger partial charge in [0.1, 0.15) is 17.3 Å². The van der Waals surface area contributed by atoms with Crippen molar-refractivity contribution in [3.8, 4) is 0 Å². The molecule has 0 amide bonds. The summed E-state index contributed by atoms with van der Waals surface area (Å²) in [6.07, 6.45) is 9.34. The van der Waals surface area contributed by atoms with E-state index in [9.17, 15) is 8.78 Å². The Morgan fingerprint density at radius 1 is 1.05 bits per heavy atom. The van der Waals surface area contributed by atoms with Crippen LogP contribution in [0, 0.1) is 11.6 Å². The van der Waals surface area contributed by atoms with Gasteiger partial charge in [-0.3, -0.25) is 10.4 Å². The van der Waals surface area contributed by atoms with Crippen molar-refractivity contribution in [1.29, 1.82) is 0 Å².